The van der Waals surface area contributed by atoms with Crippen molar-refractivity contribution < 1.29 is 9.90 Å². The Balaban J connectivity index is 1.55. The molecule has 2 heterocycles. The molecule has 0 bridgehead atoms. The lowest BCUT2D eigenvalue weighted by Crippen LogP contribution is -2.46. The first-order valence-corrected chi connectivity index (χ1v) is 7.96. The van der Waals surface area contributed by atoms with Crippen LogP contribution in [0.15, 0.2) is 42.9 Å². The van der Waals surface area contributed by atoms with Gasteiger partial charge in [-0.1, -0.05) is 30.3 Å². The van der Waals surface area contributed by atoms with Gasteiger partial charge in [-0.3, -0.25) is 9.80 Å². The number of imidazole rings is 1. The van der Waals surface area contributed by atoms with E-state index in [-0.39, 0.29) is 6.04 Å². The molecular weight excluding hydrogens is 292 g/mol. The number of hydrogen-bond acceptors (Lipinski definition) is 3. The van der Waals surface area contributed by atoms with Gasteiger partial charge >= 0.3 is 6.09 Å². The lowest BCUT2D eigenvalue weighted by atomic mass is 10.0. The van der Waals surface area contributed by atoms with Gasteiger partial charge in [0.15, 0.2) is 0 Å². The third-order valence-electron chi connectivity index (χ3n) is 4.38. The van der Waals surface area contributed by atoms with Crippen molar-refractivity contribution in [1.29, 1.82) is 0 Å². The predicted molar refractivity (Wildman–Crippen MR) is 86.9 cm³/mol. The third-order valence-corrected chi connectivity index (χ3v) is 4.38. The Kier molecular flexibility index (Phi) is 4.92. The number of likely N-dealkylation sites (tertiary alicyclic amines) is 1. The lowest BCUT2D eigenvalue weighted by Gasteiger charge is -2.37. The van der Waals surface area contributed by atoms with E-state index in [2.05, 4.69) is 39.1 Å². The number of carboxylic acid groups (broad SMARTS) is 1. The highest BCUT2D eigenvalue weighted by Gasteiger charge is 2.28. The quantitative estimate of drug-likeness (QED) is 0.889. The van der Waals surface area contributed by atoms with Crippen molar-refractivity contribution in [3.05, 3.63) is 54.1 Å². The zero-order chi connectivity index (χ0) is 16.1. The number of nitrogens with one attached hydrogen (secondary N) is 1. The average molecular weight is 314 g/mol. The first kappa shape index (κ1) is 15.6. The van der Waals surface area contributed by atoms with E-state index in [0.29, 0.717) is 6.54 Å². The fourth-order valence-electron chi connectivity index (χ4n) is 3.14. The molecule has 3 rings (SSSR count). The molecule has 1 fully saturated rings. The fraction of sp³-hybridized carbons (Fsp3) is 0.412. The number of amides is 1. The summed E-state index contributed by atoms with van der Waals surface area (Å²) in [7, 11) is 0. The Bertz CT molecular complexity index is 607. The minimum absolute atomic E-state index is 0.0659. The second-order valence-electron chi connectivity index (χ2n) is 5.96. The molecule has 6 heteroatoms. The molecule has 1 aromatic carbocycles. The Labute approximate surface area is 135 Å². The van der Waals surface area contributed by atoms with Gasteiger partial charge in [-0.05, 0) is 18.4 Å². The molecule has 0 radical (unpaired) electrons. The molecule has 6 nitrogen and oxygen atoms in total. The highest BCUT2D eigenvalue weighted by Crippen LogP contribution is 2.20. The largest absolute Gasteiger partial charge is 0.465 e. The average Bonchev–Trinajstić information content (AvgIpc) is 3.07. The predicted octanol–water partition coefficient (Wildman–Crippen LogP) is 2.55. The van der Waals surface area contributed by atoms with Gasteiger partial charge in [0.2, 0.25) is 0 Å². The lowest BCUT2D eigenvalue weighted by molar-refractivity contribution is 0.0841. The van der Waals surface area contributed by atoms with Crippen LogP contribution < -0.4 is 0 Å². The van der Waals surface area contributed by atoms with Gasteiger partial charge in [0.25, 0.3) is 0 Å². The summed E-state index contributed by atoms with van der Waals surface area (Å²) >= 11 is 0. The number of rotatable bonds is 5. The van der Waals surface area contributed by atoms with Crippen LogP contribution in [0.25, 0.3) is 0 Å². The summed E-state index contributed by atoms with van der Waals surface area (Å²) < 4.78 is 0. The van der Waals surface area contributed by atoms with E-state index in [1.165, 1.54) is 10.5 Å². The fourth-order valence-corrected chi connectivity index (χ4v) is 3.14. The normalized spacial score (nSPS) is 16.3. The number of nitrogens with zero attached hydrogens (tertiary/aromatic N) is 3. The van der Waals surface area contributed by atoms with Gasteiger partial charge in [-0.2, -0.15) is 0 Å². The summed E-state index contributed by atoms with van der Waals surface area (Å²) in [5, 5.41) is 9.50. The molecule has 2 N–H and O–H groups in total. The zero-order valence-corrected chi connectivity index (χ0v) is 13.1. The van der Waals surface area contributed by atoms with Crippen molar-refractivity contribution in [2.24, 2.45) is 0 Å². The standard InChI is InChI=1S/C17H22N4O2/c22-17(23)21(12-15-10-18-13-19-15)16-6-8-20(9-7-16)11-14-4-2-1-3-5-14/h1-5,10,13,16H,6-9,11-12H2,(H,18,19)(H,22,23). The highest BCUT2D eigenvalue weighted by molar-refractivity contribution is 5.65. The van der Waals surface area contributed by atoms with Crippen molar-refractivity contribution in [1.82, 2.24) is 19.8 Å². The Morgan fingerprint density at radius 1 is 1.30 bits per heavy atom. The van der Waals surface area contributed by atoms with E-state index in [4.69, 9.17) is 0 Å². The van der Waals surface area contributed by atoms with E-state index in [1.807, 2.05) is 6.07 Å². The Hall–Kier alpha value is -2.34. The van der Waals surface area contributed by atoms with Crippen molar-refractivity contribution in [2.45, 2.75) is 32.0 Å². The monoisotopic (exact) mass is 314 g/mol. The number of H-pyrrole nitrogens is 1. The van der Waals surface area contributed by atoms with Gasteiger partial charge in [0, 0.05) is 31.9 Å². The molecule has 2 aromatic rings. The van der Waals surface area contributed by atoms with E-state index in [1.54, 1.807) is 12.5 Å². The van der Waals surface area contributed by atoms with Crippen LogP contribution in [-0.4, -0.2) is 50.1 Å². The SMILES string of the molecule is O=C(O)N(Cc1c[nH]cn1)C1CCN(Cc2ccccc2)CC1. The molecule has 1 aromatic heterocycles. The molecule has 0 atom stereocenters. The molecule has 122 valence electrons. The number of benzene rings is 1. The van der Waals surface area contributed by atoms with Crippen LogP contribution in [0.3, 0.4) is 0 Å². The summed E-state index contributed by atoms with van der Waals surface area (Å²) in [6, 6.07) is 10.5. The minimum atomic E-state index is -0.866. The second-order valence-corrected chi connectivity index (χ2v) is 5.96. The number of carbonyl (C=O) groups is 1. The van der Waals surface area contributed by atoms with Crippen LogP contribution in [0.2, 0.25) is 0 Å². The summed E-state index contributed by atoms with van der Waals surface area (Å²) in [5.41, 5.74) is 2.07. The van der Waals surface area contributed by atoms with Crippen molar-refractivity contribution in [3.63, 3.8) is 0 Å². The van der Waals surface area contributed by atoms with E-state index < -0.39 is 6.09 Å². The van der Waals surface area contributed by atoms with Crippen molar-refractivity contribution in [3.8, 4) is 0 Å². The van der Waals surface area contributed by atoms with Crippen LogP contribution in [0.1, 0.15) is 24.1 Å². The molecule has 1 aliphatic rings. The van der Waals surface area contributed by atoms with Crippen molar-refractivity contribution >= 4 is 6.09 Å². The van der Waals surface area contributed by atoms with Crippen LogP contribution in [0, 0.1) is 0 Å². The van der Waals surface area contributed by atoms with Gasteiger partial charge in [-0.25, -0.2) is 9.78 Å². The van der Waals surface area contributed by atoms with Gasteiger partial charge in [0.05, 0.1) is 18.6 Å². The molecule has 1 amide bonds. The van der Waals surface area contributed by atoms with Crippen LogP contribution >= 0.6 is 0 Å². The third kappa shape index (κ3) is 4.10. The number of piperidine rings is 1. The number of aromatic amines is 1. The summed E-state index contributed by atoms with van der Waals surface area (Å²) in [4.78, 5) is 22.5. The number of hydrogen-bond donors (Lipinski definition) is 2. The molecule has 0 saturated carbocycles. The van der Waals surface area contributed by atoms with Crippen molar-refractivity contribution in [2.75, 3.05) is 13.1 Å². The maximum Gasteiger partial charge on any atom is 0.407 e. The minimum Gasteiger partial charge on any atom is -0.465 e. The molecule has 1 saturated heterocycles. The van der Waals surface area contributed by atoms with Crippen LogP contribution in [0.5, 0.6) is 0 Å². The van der Waals surface area contributed by atoms with E-state index >= 15 is 0 Å². The zero-order valence-electron chi connectivity index (χ0n) is 13.1. The summed E-state index contributed by atoms with van der Waals surface area (Å²) in [5.74, 6) is 0. The molecule has 0 unspecified atom stereocenters. The first-order chi connectivity index (χ1) is 11.2. The maximum absolute atomic E-state index is 11.6. The first-order valence-electron chi connectivity index (χ1n) is 7.96. The van der Waals surface area contributed by atoms with Crippen LogP contribution in [-0.2, 0) is 13.1 Å². The van der Waals surface area contributed by atoms with Gasteiger partial charge < -0.3 is 10.1 Å². The molecule has 0 aliphatic carbocycles. The Morgan fingerprint density at radius 3 is 2.65 bits per heavy atom. The molecule has 1 aliphatic heterocycles. The molecule has 23 heavy (non-hydrogen) atoms. The van der Waals surface area contributed by atoms with Crippen LogP contribution in [0.4, 0.5) is 4.79 Å². The Morgan fingerprint density at radius 2 is 2.04 bits per heavy atom. The highest BCUT2D eigenvalue weighted by atomic mass is 16.4. The summed E-state index contributed by atoms with van der Waals surface area (Å²) in [6.45, 7) is 3.12. The second kappa shape index (κ2) is 7.28. The molecule has 0 spiro atoms. The van der Waals surface area contributed by atoms with Gasteiger partial charge in [-0.15, -0.1) is 0 Å². The maximum atomic E-state index is 11.6. The molecular formula is C17H22N4O2. The van der Waals surface area contributed by atoms with E-state index in [0.717, 1.165) is 38.2 Å². The smallest absolute Gasteiger partial charge is 0.407 e. The van der Waals surface area contributed by atoms with Gasteiger partial charge in [0.1, 0.15) is 0 Å². The number of aromatic nitrogens is 2. The van der Waals surface area contributed by atoms with E-state index in [9.17, 15) is 9.90 Å². The summed E-state index contributed by atoms with van der Waals surface area (Å²) in [6.07, 6.45) is 4.19. The topological polar surface area (TPSA) is 72.5 Å².